The van der Waals surface area contributed by atoms with Crippen LogP contribution < -0.4 is 5.32 Å². The summed E-state index contributed by atoms with van der Waals surface area (Å²) in [6, 6.07) is 0.718. The van der Waals surface area contributed by atoms with Gasteiger partial charge in [-0.1, -0.05) is 32.1 Å². The lowest BCUT2D eigenvalue weighted by Gasteiger charge is -2.56. The van der Waals surface area contributed by atoms with Gasteiger partial charge in [0.15, 0.2) is 5.11 Å². The maximum Gasteiger partial charge on any atom is 0.169 e. The molecule has 2 unspecified atom stereocenters. The SMILES string of the molecule is CN1C(=S)NC2(CCCCC2)C2CCCCC21. The first-order valence-corrected chi connectivity index (χ1v) is 7.69. The Morgan fingerprint density at radius 3 is 2.59 bits per heavy atom. The highest BCUT2D eigenvalue weighted by molar-refractivity contribution is 7.80. The number of thiocarbonyl (C=S) groups is 1. The van der Waals surface area contributed by atoms with E-state index in [1.54, 1.807) is 0 Å². The third-order valence-corrected chi connectivity index (χ3v) is 5.75. The van der Waals surface area contributed by atoms with Gasteiger partial charge < -0.3 is 10.2 Å². The lowest BCUT2D eigenvalue weighted by molar-refractivity contribution is 0.0429. The van der Waals surface area contributed by atoms with E-state index in [-0.39, 0.29) is 0 Å². The Bertz CT molecular complexity index is 309. The van der Waals surface area contributed by atoms with Crippen LogP contribution in [0.25, 0.3) is 0 Å². The first kappa shape index (κ1) is 11.8. The van der Waals surface area contributed by atoms with Gasteiger partial charge in [0.2, 0.25) is 0 Å². The van der Waals surface area contributed by atoms with E-state index < -0.39 is 0 Å². The zero-order valence-electron chi connectivity index (χ0n) is 10.9. The monoisotopic (exact) mass is 252 g/mol. The molecule has 1 saturated heterocycles. The van der Waals surface area contributed by atoms with Gasteiger partial charge in [-0.2, -0.15) is 0 Å². The Morgan fingerprint density at radius 2 is 1.82 bits per heavy atom. The molecule has 0 radical (unpaired) electrons. The average Bonchev–Trinajstić information content (AvgIpc) is 2.38. The molecule has 0 aromatic heterocycles. The second-order valence-electron chi connectivity index (χ2n) is 6.22. The summed E-state index contributed by atoms with van der Waals surface area (Å²) in [5.74, 6) is 0.841. The summed E-state index contributed by atoms with van der Waals surface area (Å²) in [6.45, 7) is 0. The third kappa shape index (κ3) is 1.87. The maximum atomic E-state index is 5.57. The Labute approximate surface area is 110 Å². The van der Waals surface area contributed by atoms with Gasteiger partial charge in [-0.25, -0.2) is 0 Å². The van der Waals surface area contributed by atoms with Crippen molar-refractivity contribution in [1.29, 1.82) is 0 Å². The molecule has 2 nitrogen and oxygen atoms in total. The Kier molecular flexibility index (Phi) is 3.06. The van der Waals surface area contributed by atoms with Crippen molar-refractivity contribution in [2.75, 3.05) is 7.05 Å². The van der Waals surface area contributed by atoms with Crippen LogP contribution in [0, 0.1) is 5.92 Å². The Hall–Kier alpha value is -0.310. The fourth-order valence-corrected chi connectivity index (χ4v) is 4.78. The van der Waals surface area contributed by atoms with E-state index in [1.165, 1.54) is 57.8 Å². The van der Waals surface area contributed by atoms with E-state index in [4.69, 9.17) is 12.2 Å². The van der Waals surface area contributed by atoms with Crippen molar-refractivity contribution in [1.82, 2.24) is 10.2 Å². The smallest absolute Gasteiger partial charge is 0.169 e. The molecule has 0 amide bonds. The molecule has 1 spiro atoms. The highest BCUT2D eigenvalue weighted by Crippen LogP contribution is 2.45. The number of hydrogen-bond donors (Lipinski definition) is 1. The molecular weight excluding hydrogens is 228 g/mol. The maximum absolute atomic E-state index is 5.57. The lowest BCUT2D eigenvalue weighted by atomic mass is 9.64. The summed E-state index contributed by atoms with van der Waals surface area (Å²) >= 11 is 5.57. The van der Waals surface area contributed by atoms with E-state index in [0.29, 0.717) is 5.54 Å². The van der Waals surface area contributed by atoms with Crippen molar-refractivity contribution in [2.45, 2.75) is 69.4 Å². The summed E-state index contributed by atoms with van der Waals surface area (Å²) in [4.78, 5) is 2.35. The molecule has 1 aliphatic heterocycles. The third-order valence-electron chi connectivity index (χ3n) is 5.36. The van der Waals surface area contributed by atoms with E-state index in [0.717, 1.165) is 17.1 Å². The van der Waals surface area contributed by atoms with E-state index >= 15 is 0 Å². The van der Waals surface area contributed by atoms with Gasteiger partial charge in [0.1, 0.15) is 0 Å². The molecule has 2 atom stereocenters. The van der Waals surface area contributed by atoms with Gasteiger partial charge in [0, 0.05) is 24.5 Å². The highest BCUT2D eigenvalue weighted by Gasteiger charge is 2.49. The minimum absolute atomic E-state index is 0.368. The first-order valence-electron chi connectivity index (χ1n) is 7.28. The number of fused-ring (bicyclic) bond motifs is 2. The van der Waals surface area contributed by atoms with Gasteiger partial charge in [-0.3, -0.25) is 0 Å². The first-order chi connectivity index (χ1) is 8.23. The van der Waals surface area contributed by atoms with Crippen LogP contribution in [0.15, 0.2) is 0 Å². The number of hydrogen-bond acceptors (Lipinski definition) is 1. The normalized spacial score (nSPS) is 36.5. The van der Waals surface area contributed by atoms with Crippen molar-refractivity contribution in [2.24, 2.45) is 5.92 Å². The van der Waals surface area contributed by atoms with Crippen LogP contribution in [0.3, 0.4) is 0 Å². The molecular formula is C14H24N2S. The van der Waals surface area contributed by atoms with Crippen molar-refractivity contribution < 1.29 is 0 Å². The average molecular weight is 252 g/mol. The molecule has 3 heteroatoms. The Balaban J connectivity index is 1.89. The summed E-state index contributed by atoms with van der Waals surface area (Å²) in [6.07, 6.45) is 12.5. The van der Waals surface area contributed by atoms with Crippen LogP contribution in [0.2, 0.25) is 0 Å². The molecule has 2 aliphatic carbocycles. The summed E-state index contributed by atoms with van der Waals surface area (Å²) in [5, 5.41) is 4.75. The van der Waals surface area contributed by atoms with E-state index in [9.17, 15) is 0 Å². The molecule has 0 bridgehead atoms. The lowest BCUT2D eigenvalue weighted by Crippen LogP contribution is -2.69. The molecule has 1 heterocycles. The van der Waals surface area contributed by atoms with Crippen LogP contribution in [-0.2, 0) is 0 Å². The second-order valence-corrected chi connectivity index (χ2v) is 6.60. The molecule has 96 valence electrons. The summed E-state index contributed by atoms with van der Waals surface area (Å²) < 4.78 is 0. The van der Waals surface area contributed by atoms with Crippen LogP contribution in [0.1, 0.15) is 57.8 Å². The van der Waals surface area contributed by atoms with Gasteiger partial charge in [-0.15, -0.1) is 0 Å². The fraction of sp³-hybridized carbons (Fsp3) is 0.929. The molecule has 3 aliphatic rings. The molecule has 3 rings (SSSR count). The predicted octanol–water partition coefficient (Wildman–Crippen LogP) is 3.07. The molecule has 0 aromatic rings. The number of nitrogens with one attached hydrogen (secondary N) is 1. The Morgan fingerprint density at radius 1 is 1.12 bits per heavy atom. The summed E-state index contributed by atoms with van der Waals surface area (Å²) in [5.41, 5.74) is 0.368. The topological polar surface area (TPSA) is 15.3 Å². The minimum Gasteiger partial charge on any atom is -0.357 e. The van der Waals surface area contributed by atoms with Gasteiger partial charge in [0.05, 0.1) is 0 Å². The number of rotatable bonds is 0. The van der Waals surface area contributed by atoms with Crippen LogP contribution in [0.5, 0.6) is 0 Å². The molecule has 1 N–H and O–H groups in total. The largest absolute Gasteiger partial charge is 0.357 e. The highest BCUT2D eigenvalue weighted by atomic mass is 32.1. The van der Waals surface area contributed by atoms with E-state index in [1.807, 2.05) is 0 Å². The van der Waals surface area contributed by atoms with Gasteiger partial charge in [-0.05, 0) is 37.9 Å². The minimum atomic E-state index is 0.368. The molecule has 17 heavy (non-hydrogen) atoms. The fourth-order valence-electron chi connectivity index (χ4n) is 4.44. The molecule has 3 fully saturated rings. The van der Waals surface area contributed by atoms with Crippen molar-refractivity contribution >= 4 is 17.3 Å². The summed E-state index contributed by atoms with van der Waals surface area (Å²) in [7, 11) is 2.19. The van der Waals surface area contributed by atoms with E-state index in [2.05, 4.69) is 17.3 Å². The van der Waals surface area contributed by atoms with Gasteiger partial charge >= 0.3 is 0 Å². The van der Waals surface area contributed by atoms with Crippen molar-refractivity contribution in [3.63, 3.8) is 0 Å². The molecule has 0 aromatic carbocycles. The zero-order chi connectivity index (χ0) is 11.9. The predicted molar refractivity (Wildman–Crippen MR) is 75.1 cm³/mol. The number of nitrogens with zero attached hydrogens (tertiary/aromatic N) is 1. The van der Waals surface area contributed by atoms with Crippen LogP contribution in [0.4, 0.5) is 0 Å². The van der Waals surface area contributed by atoms with Crippen LogP contribution >= 0.6 is 12.2 Å². The molecule has 2 saturated carbocycles. The van der Waals surface area contributed by atoms with Crippen molar-refractivity contribution in [3.8, 4) is 0 Å². The zero-order valence-corrected chi connectivity index (χ0v) is 11.7. The van der Waals surface area contributed by atoms with Gasteiger partial charge in [0.25, 0.3) is 0 Å². The van der Waals surface area contributed by atoms with Crippen molar-refractivity contribution in [3.05, 3.63) is 0 Å². The van der Waals surface area contributed by atoms with Crippen LogP contribution in [-0.4, -0.2) is 28.6 Å². The second kappa shape index (κ2) is 4.42. The standard InChI is InChI=1S/C14H24N2S/c1-16-12-8-4-3-7-11(12)14(15-13(16)17)9-5-2-6-10-14/h11-12H,2-10H2,1H3,(H,15,17). The quantitative estimate of drug-likeness (QED) is 0.667.